The van der Waals surface area contributed by atoms with Crippen LogP contribution in [0.5, 0.6) is 11.5 Å². The van der Waals surface area contributed by atoms with Crippen molar-refractivity contribution in [1.82, 2.24) is 5.16 Å². The highest BCUT2D eigenvalue weighted by atomic mass is 16.5. The fourth-order valence-electron chi connectivity index (χ4n) is 5.09. The Balaban J connectivity index is 1.66. The lowest BCUT2D eigenvalue weighted by atomic mass is 9.85. The lowest BCUT2D eigenvalue weighted by Gasteiger charge is -2.26. The van der Waals surface area contributed by atoms with Crippen LogP contribution in [0.4, 0.5) is 5.69 Å². The van der Waals surface area contributed by atoms with Crippen LogP contribution in [0.1, 0.15) is 54.8 Å². The van der Waals surface area contributed by atoms with E-state index in [0.29, 0.717) is 17.1 Å². The lowest BCUT2D eigenvalue weighted by Crippen LogP contribution is -2.31. The molecule has 0 radical (unpaired) electrons. The highest BCUT2D eigenvalue weighted by Gasteiger charge is 2.40. The topological polar surface area (TPSA) is 101 Å². The molecule has 2 atom stereocenters. The maximum absolute atomic E-state index is 10.8. The molecule has 2 aliphatic rings. The number of benzene rings is 2. The molecule has 3 aromatic rings. The minimum Gasteiger partial charge on any atom is -0.496 e. The maximum Gasteiger partial charge on any atom is 0.141 e. The third-order valence-corrected chi connectivity index (χ3v) is 6.69. The van der Waals surface area contributed by atoms with Crippen LogP contribution >= 0.6 is 0 Å². The quantitative estimate of drug-likeness (QED) is 0.542. The first-order valence-electron chi connectivity index (χ1n) is 11.6. The Labute approximate surface area is 204 Å². The van der Waals surface area contributed by atoms with E-state index in [4.69, 9.17) is 24.0 Å². The number of anilines is 1. The number of aromatic nitrogens is 1. The third kappa shape index (κ3) is 3.78. The summed E-state index contributed by atoms with van der Waals surface area (Å²) in [5, 5.41) is 18.5. The number of aliphatic imine (C=N–C) groups is 2. The number of ether oxygens (including phenoxy) is 2. The van der Waals surface area contributed by atoms with Gasteiger partial charge in [0.25, 0.3) is 0 Å². The van der Waals surface area contributed by atoms with E-state index in [2.05, 4.69) is 22.6 Å². The molecule has 0 saturated heterocycles. The first kappa shape index (κ1) is 23.1. The Morgan fingerprint density at radius 1 is 1.03 bits per heavy atom. The standard InChI is InChI=1S/C27H30N4O4/c1-13-23(14(2)35-31-13)18-11-20-17(12-22(18)34-7)24-25(28-15(3)29-26(24)30-20)16-8-9-21(33-6)19(10-16)27(4,5)32/h8-12,24,26,30,32H,1-7H3. The average Bonchev–Trinajstić information content (AvgIpc) is 3.34. The van der Waals surface area contributed by atoms with Gasteiger partial charge in [0.15, 0.2) is 0 Å². The van der Waals surface area contributed by atoms with Gasteiger partial charge in [-0.05, 0) is 76.1 Å². The molecule has 0 aliphatic carbocycles. The van der Waals surface area contributed by atoms with Crippen LogP contribution < -0.4 is 14.8 Å². The summed E-state index contributed by atoms with van der Waals surface area (Å²) in [5.74, 6) is 2.68. The van der Waals surface area contributed by atoms with Gasteiger partial charge in [0.05, 0.1) is 42.7 Å². The van der Waals surface area contributed by atoms with Crippen molar-refractivity contribution < 1.29 is 19.1 Å². The number of methoxy groups -OCH3 is 2. The number of amidine groups is 1. The fourth-order valence-corrected chi connectivity index (χ4v) is 5.09. The van der Waals surface area contributed by atoms with Gasteiger partial charge in [-0.3, -0.25) is 0 Å². The molecule has 2 unspecified atom stereocenters. The molecule has 0 saturated carbocycles. The van der Waals surface area contributed by atoms with Crippen LogP contribution in [0.3, 0.4) is 0 Å². The smallest absolute Gasteiger partial charge is 0.141 e. The molecule has 1 aromatic heterocycles. The Morgan fingerprint density at radius 3 is 2.40 bits per heavy atom. The molecule has 182 valence electrons. The first-order valence-corrected chi connectivity index (χ1v) is 11.6. The van der Waals surface area contributed by atoms with Crippen molar-refractivity contribution in [3.05, 3.63) is 58.5 Å². The van der Waals surface area contributed by atoms with Crippen molar-refractivity contribution in [2.24, 2.45) is 9.98 Å². The maximum atomic E-state index is 10.8. The molecule has 0 spiro atoms. The van der Waals surface area contributed by atoms with E-state index in [1.165, 1.54) is 0 Å². The van der Waals surface area contributed by atoms with E-state index in [9.17, 15) is 5.11 Å². The van der Waals surface area contributed by atoms with Gasteiger partial charge in [-0.25, -0.2) is 9.98 Å². The monoisotopic (exact) mass is 474 g/mol. The third-order valence-electron chi connectivity index (χ3n) is 6.69. The van der Waals surface area contributed by atoms with E-state index < -0.39 is 5.60 Å². The van der Waals surface area contributed by atoms with E-state index in [1.54, 1.807) is 28.1 Å². The summed E-state index contributed by atoms with van der Waals surface area (Å²) in [6.07, 6.45) is -0.199. The van der Waals surface area contributed by atoms with Gasteiger partial charge in [-0.15, -0.1) is 0 Å². The van der Waals surface area contributed by atoms with Gasteiger partial charge >= 0.3 is 0 Å². The Hall–Kier alpha value is -3.65. The van der Waals surface area contributed by atoms with E-state index in [-0.39, 0.29) is 12.1 Å². The summed E-state index contributed by atoms with van der Waals surface area (Å²) in [4.78, 5) is 9.66. The van der Waals surface area contributed by atoms with Gasteiger partial charge in [0.1, 0.15) is 29.3 Å². The molecule has 5 rings (SSSR count). The van der Waals surface area contributed by atoms with Crippen LogP contribution in [0.25, 0.3) is 11.1 Å². The summed E-state index contributed by atoms with van der Waals surface area (Å²) < 4.78 is 16.7. The van der Waals surface area contributed by atoms with Gasteiger partial charge in [0, 0.05) is 16.8 Å². The van der Waals surface area contributed by atoms with Crippen molar-refractivity contribution in [2.75, 3.05) is 19.5 Å². The molecular formula is C27H30N4O4. The number of fused-ring (bicyclic) bond motifs is 3. The molecule has 0 amide bonds. The van der Waals surface area contributed by atoms with Gasteiger partial charge in [0.2, 0.25) is 0 Å². The first-order chi connectivity index (χ1) is 16.6. The fraction of sp³-hybridized carbons (Fsp3) is 0.370. The minimum absolute atomic E-state index is 0.121. The Morgan fingerprint density at radius 2 is 1.77 bits per heavy atom. The van der Waals surface area contributed by atoms with Crippen LogP contribution in [-0.2, 0) is 5.60 Å². The minimum atomic E-state index is -1.07. The molecule has 0 bridgehead atoms. The SMILES string of the molecule is COc1cc2c(cc1-c1c(C)noc1C)NC1N=C(C)N=C(c3ccc(OC)c(C(C)(C)O)c3)C21. The molecular weight excluding hydrogens is 444 g/mol. The average molecular weight is 475 g/mol. The number of hydrogen-bond acceptors (Lipinski definition) is 8. The zero-order chi connectivity index (χ0) is 25.1. The normalized spacial score (nSPS) is 18.9. The van der Waals surface area contributed by atoms with Crippen molar-refractivity contribution in [3.8, 4) is 22.6 Å². The van der Waals surface area contributed by atoms with Crippen LogP contribution in [0.2, 0.25) is 0 Å². The summed E-state index contributed by atoms with van der Waals surface area (Å²) in [5.41, 5.74) is 6.11. The summed E-state index contributed by atoms with van der Waals surface area (Å²) in [6.45, 7) is 9.23. The molecule has 8 heteroatoms. The van der Waals surface area contributed by atoms with Crippen molar-refractivity contribution in [3.63, 3.8) is 0 Å². The molecule has 2 aromatic carbocycles. The van der Waals surface area contributed by atoms with Crippen LogP contribution in [0.15, 0.2) is 44.8 Å². The van der Waals surface area contributed by atoms with E-state index >= 15 is 0 Å². The number of rotatable bonds is 5. The second-order valence-electron chi connectivity index (χ2n) is 9.55. The second-order valence-corrected chi connectivity index (χ2v) is 9.55. The number of aliphatic hydroxyl groups is 1. The van der Waals surface area contributed by atoms with Gasteiger partial charge < -0.3 is 24.4 Å². The molecule has 2 aliphatic heterocycles. The molecule has 8 nitrogen and oxygen atoms in total. The molecule has 35 heavy (non-hydrogen) atoms. The van der Waals surface area contributed by atoms with E-state index in [1.807, 2.05) is 39.0 Å². The van der Waals surface area contributed by atoms with Crippen molar-refractivity contribution in [1.29, 1.82) is 0 Å². The van der Waals surface area contributed by atoms with Gasteiger partial charge in [-0.1, -0.05) is 5.16 Å². The second kappa shape index (κ2) is 8.23. The van der Waals surface area contributed by atoms with Crippen molar-refractivity contribution >= 4 is 17.2 Å². The zero-order valence-electron chi connectivity index (χ0n) is 21.1. The number of nitrogens with one attached hydrogen (secondary N) is 1. The largest absolute Gasteiger partial charge is 0.496 e. The van der Waals surface area contributed by atoms with Crippen molar-refractivity contribution in [2.45, 2.75) is 52.3 Å². The summed E-state index contributed by atoms with van der Waals surface area (Å²) >= 11 is 0. The van der Waals surface area contributed by atoms with Crippen LogP contribution in [-0.4, -0.2) is 42.2 Å². The molecule has 0 fully saturated rings. The highest BCUT2D eigenvalue weighted by molar-refractivity contribution is 6.14. The summed E-state index contributed by atoms with van der Waals surface area (Å²) in [7, 11) is 3.27. The number of aryl methyl sites for hydroxylation is 2. The zero-order valence-corrected chi connectivity index (χ0v) is 21.1. The Bertz CT molecular complexity index is 1360. The number of hydrogen-bond donors (Lipinski definition) is 2. The predicted molar refractivity (Wildman–Crippen MR) is 136 cm³/mol. The lowest BCUT2D eigenvalue weighted by molar-refractivity contribution is 0.0756. The molecule has 3 heterocycles. The van der Waals surface area contributed by atoms with Gasteiger partial charge in [-0.2, -0.15) is 0 Å². The summed E-state index contributed by atoms with van der Waals surface area (Å²) in [6, 6.07) is 9.96. The van der Waals surface area contributed by atoms with Crippen LogP contribution in [0, 0.1) is 13.8 Å². The van der Waals surface area contributed by atoms with E-state index in [0.717, 1.165) is 50.9 Å². The highest BCUT2D eigenvalue weighted by Crippen LogP contribution is 2.47. The number of nitrogens with zero attached hydrogens (tertiary/aromatic N) is 3. The molecule has 2 N–H and O–H groups in total. The predicted octanol–water partition coefficient (Wildman–Crippen LogP) is 4.96. The Kier molecular flexibility index (Phi) is 5.44.